The molecule has 0 aromatic heterocycles. The summed E-state index contributed by atoms with van der Waals surface area (Å²) in [5, 5.41) is 0. The summed E-state index contributed by atoms with van der Waals surface area (Å²) in [7, 11) is 1.46. The number of methoxy groups -OCH3 is 1. The van der Waals surface area contributed by atoms with Gasteiger partial charge in [0, 0.05) is 0 Å². The van der Waals surface area contributed by atoms with Crippen molar-refractivity contribution in [3.63, 3.8) is 0 Å². The van der Waals surface area contributed by atoms with E-state index in [9.17, 15) is 4.79 Å². The molecule has 0 amide bonds. The molecular weight excluding hydrogens is 236 g/mol. The van der Waals surface area contributed by atoms with Crippen LogP contribution in [-0.2, 0) is 9.53 Å². The standard InChI is InChI=1S/C15H18O2.C2H6/c1-17-15(16)14(12-8-4-2-5-9-12)13-10-6-3-7-11-13;1-2/h2,4-6,8-10,13-14H,3,7,11H2,1H3;1-2H3. The van der Waals surface area contributed by atoms with Gasteiger partial charge in [-0.05, 0) is 30.7 Å². The summed E-state index contributed by atoms with van der Waals surface area (Å²) in [5.41, 5.74) is 1.05. The molecule has 0 N–H and O–H groups in total. The lowest BCUT2D eigenvalue weighted by Gasteiger charge is -2.25. The normalized spacial score (nSPS) is 19.0. The lowest BCUT2D eigenvalue weighted by molar-refractivity contribution is -0.143. The van der Waals surface area contributed by atoms with Crippen LogP contribution in [0.1, 0.15) is 44.6 Å². The Balaban J connectivity index is 0.000000861. The molecule has 0 aliphatic heterocycles. The third-order valence-electron chi connectivity index (χ3n) is 3.33. The average Bonchev–Trinajstić information content (AvgIpc) is 2.51. The third kappa shape index (κ3) is 4.23. The Morgan fingerprint density at radius 3 is 2.47 bits per heavy atom. The predicted molar refractivity (Wildman–Crippen MR) is 79.0 cm³/mol. The van der Waals surface area contributed by atoms with E-state index in [1.807, 2.05) is 44.2 Å². The van der Waals surface area contributed by atoms with E-state index < -0.39 is 0 Å². The number of benzene rings is 1. The Morgan fingerprint density at radius 1 is 1.26 bits per heavy atom. The monoisotopic (exact) mass is 260 g/mol. The molecule has 0 bridgehead atoms. The van der Waals surface area contributed by atoms with Crippen LogP contribution in [0.25, 0.3) is 0 Å². The lowest BCUT2D eigenvalue weighted by atomic mass is 9.80. The third-order valence-corrected chi connectivity index (χ3v) is 3.33. The van der Waals surface area contributed by atoms with Gasteiger partial charge in [-0.1, -0.05) is 56.3 Å². The van der Waals surface area contributed by atoms with Gasteiger partial charge in [-0.2, -0.15) is 0 Å². The fraction of sp³-hybridized carbons (Fsp3) is 0.471. The number of allylic oxidation sites excluding steroid dienone is 2. The minimum atomic E-state index is -0.155. The Hall–Kier alpha value is -1.57. The van der Waals surface area contributed by atoms with Crippen molar-refractivity contribution in [1.82, 2.24) is 0 Å². The molecule has 0 radical (unpaired) electrons. The Kier molecular flexibility index (Phi) is 6.94. The van der Waals surface area contributed by atoms with Crippen LogP contribution in [0.3, 0.4) is 0 Å². The van der Waals surface area contributed by atoms with Crippen molar-refractivity contribution in [3.8, 4) is 0 Å². The first kappa shape index (κ1) is 15.5. The Labute approximate surface area is 116 Å². The van der Waals surface area contributed by atoms with Gasteiger partial charge >= 0.3 is 5.97 Å². The topological polar surface area (TPSA) is 26.3 Å². The highest BCUT2D eigenvalue weighted by molar-refractivity contribution is 5.78. The summed E-state index contributed by atoms with van der Waals surface area (Å²) in [6, 6.07) is 9.91. The molecule has 0 spiro atoms. The molecule has 2 heteroatoms. The fourth-order valence-electron chi connectivity index (χ4n) is 2.46. The van der Waals surface area contributed by atoms with Gasteiger partial charge in [0.05, 0.1) is 13.0 Å². The van der Waals surface area contributed by atoms with Gasteiger partial charge in [-0.15, -0.1) is 0 Å². The summed E-state index contributed by atoms with van der Waals surface area (Å²) >= 11 is 0. The van der Waals surface area contributed by atoms with Crippen LogP contribution in [0.2, 0.25) is 0 Å². The van der Waals surface area contributed by atoms with E-state index in [4.69, 9.17) is 4.74 Å². The van der Waals surface area contributed by atoms with Gasteiger partial charge in [-0.3, -0.25) is 4.79 Å². The molecule has 1 aliphatic rings. The van der Waals surface area contributed by atoms with Crippen molar-refractivity contribution in [1.29, 1.82) is 0 Å². The van der Waals surface area contributed by atoms with Crippen LogP contribution in [-0.4, -0.2) is 13.1 Å². The molecule has 19 heavy (non-hydrogen) atoms. The molecule has 1 aromatic carbocycles. The molecule has 0 fully saturated rings. The number of carbonyl (C=O) groups is 1. The molecule has 104 valence electrons. The van der Waals surface area contributed by atoms with E-state index in [-0.39, 0.29) is 17.8 Å². The van der Waals surface area contributed by atoms with Crippen molar-refractivity contribution in [2.45, 2.75) is 39.0 Å². The van der Waals surface area contributed by atoms with E-state index in [1.54, 1.807) is 0 Å². The molecular formula is C17H24O2. The highest BCUT2D eigenvalue weighted by atomic mass is 16.5. The van der Waals surface area contributed by atoms with Gasteiger partial charge in [0.15, 0.2) is 0 Å². The zero-order chi connectivity index (χ0) is 14.1. The maximum absolute atomic E-state index is 12.0. The fourth-order valence-corrected chi connectivity index (χ4v) is 2.46. The van der Waals surface area contributed by atoms with Crippen molar-refractivity contribution < 1.29 is 9.53 Å². The van der Waals surface area contributed by atoms with E-state index in [0.29, 0.717) is 0 Å². The van der Waals surface area contributed by atoms with Gasteiger partial charge in [-0.25, -0.2) is 0 Å². The smallest absolute Gasteiger partial charge is 0.313 e. The number of hydrogen-bond donors (Lipinski definition) is 0. The minimum Gasteiger partial charge on any atom is -0.469 e. The number of rotatable bonds is 3. The molecule has 2 unspecified atom stereocenters. The van der Waals surface area contributed by atoms with Gasteiger partial charge < -0.3 is 4.74 Å². The molecule has 0 heterocycles. The molecule has 1 aliphatic carbocycles. The summed E-state index contributed by atoms with van der Waals surface area (Å²) in [6.07, 6.45) is 7.68. The number of hydrogen-bond acceptors (Lipinski definition) is 2. The molecule has 0 saturated carbocycles. The largest absolute Gasteiger partial charge is 0.469 e. The van der Waals surface area contributed by atoms with Crippen molar-refractivity contribution in [3.05, 3.63) is 48.0 Å². The second-order valence-corrected chi connectivity index (χ2v) is 4.43. The maximum Gasteiger partial charge on any atom is 0.313 e. The van der Waals surface area contributed by atoms with Crippen molar-refractivity contribution in [2.75, 3.05) is 7.11 Å². The van der Waals surface area contributed by atoms with Gasteiger partial charge in [0.25, 0.3) is 0 Å². The summed E-state index contributed by atoms with van der Waals surface area (Å²) in [4.78, 5) is 12.0. The zero-order valence-corrected chi connectivity index (χ0v) is 12.1. The zero-order valence-electron chi connectivity index (χ0n) is 12.1. The maximum atomic E-state index is 12.0. The predicted octanol–water partition coefficient (Wildman–Crippen LogP) is 4.33. The van der Waals surface area contributed by atoms with E-state index in [1.165, 1.54) is 7.11 Å². The highest BCUT2D eigenvalue weighted by Gasteiger charge is 2.29. The first-order valence-corrected chi connectivity index (χ1v) is 7.12. The van der Waals surface area contributed by atoms with Crippen LogP contribution in [0.4, 0.5) is 0 Å². The van der Waals surface area contributed by atoms with Gasteiger partial charge in [0.1, 0.15) is 0 Å². The number of carbonyl (C=O) groups excluding carboxylic acids is 1. The second kappa shape index (κ2) is 8.52. The Morgan fingerprint density at radius 2 is 1.95 bits per heavy atom. The van der Waals surface area contributed by atoms with Crippen LogP contribution >= 0.6 is 0 Å². The SMILES string of the molecule is CC.COC(=O)C(c1ccccc1)C1C=CCCC1. The van der Waals surface area contributed by atoms with Crippen molar-refractivity contribution in [2.24, 2.45) is 5.92 Å². The summed E-state index contributed by atoms with van der Waals surface area (Å²) in [6.45, 7) is 4.00. The average molecular weight is 260 g/mol. The van der Waals surface area contributed by atoms with Crippen LogP contribution in [0.5, 0.6) is 0 Å². The number of ether oxygens (including phenoxy) is 1. The quantitative estimate of drug-likeness (QED) is 0.597. The molecule has 2 nitrogen and oxygen atoms in total. The first-order chi connectivity index (χ1) is 9.33. The lowest BCUT2D eigenvalue weighted by Crippen LogP contribution is -2.23. The van der Waals surface area contributed by atoms with Crippen molar-refractivity contribution >= 4 is 5.97 Å². The highest BCUT2D eigenvalue weighted by Crippen LogP contribution is 2.33. The Bertz CT molecular complexity index is 395. The van der Waals surface area contributed by atoms with E-state index >= 15 is 0 Å². The molecule has 0 saturated heterocycles. The molecule has 2 rings (SSSR count). The van der Waals surface area contributed by atoms with Crippen LogP contribution in [0.15, 0.2) is 42.5 Å². The first-order valence-electron chi connectivity index (χ1n) is 7.12. The van der Waals surface area contributed by atoms with Crippen LogP contribution in [0, 0.1) is 5.92 Å². The number of esters is 1. The van der Waals surface area contributed by atoms with E-state index in [2.05, 4.69) is 12.2 Å². The van der Waals surface area contributed by atoms with Gasteiger partial charge in [0.2, 0.25) is 0 Å². The minimum absolute atomic E-state index is 0.132. The summed E-state index contributed by atoms with van der Waals surface area (Å²) < 4.78 is 4.95. The molecule has 2 atom stereocenters. The second-order valence-electron chi connectivity index (χ2n) is 4.43. The molecule has 1 aromatic rings. The van der Waals surface area contributed by atoms with Crippen LogP contribution < -0.4 is 0 Å². The van der Waals surface area contributed by atoms with E-state index in [0.717, 1.165) is 24.8 Å². The summed E-state index contributed by atoms with van der Waals surface area (Å²) in [5.74, 6) is -0.0101.